The minimum atomic E-state index is 0.185. The lowest BCUT2D eigenvalue weighted by Crippen LogP contribution is -2.19. The summed E-state index contributed by atoms with van der Waals surface area (Å²) < 4.78 is 10.9. The van der Waals surface area contributed by atoms with Gasteiger partial charge in [0.15, 0.2) is 8.46 Å². The number of nitrogens with zero attached hydrogens (tertiary/aromatic N) is 2. The molecule has 0 aliphatic heterocycles. The maximum Gasteiger partial charge on any atom is 0.167 e. The fourth-order valence-electron chi connectivity index (χ4n) is 2.38. The first-order chi connectivity index (χ1) is 11.2. The third-order valence-electron chi connectivity index (χ3n) is 3.69. The van der Waals surface area contributed by atoms with Gasteiger partial charge in [-0.05, 0) is 50.2 Å². The van der Waals surface area contributed by atoms with Gasteiger partial charge in [-0.2, -0.15) is 0 Å². The van der Waals surface area contributed by atoms with Crippen LogP contribution in [0.1, 0.15) is 18.4 Å². The zero-order valence-corrected chi connectivity index (χ0v) is 15.2. The molecule has 120 valence electrons. The second-order valence-electron chi connectivity index (χ2n) is 5.53. The van der Waals surface area contributed by atoms with E-state index in [0.29, 0.717) is 0 Å². The monoisotopic (exact) mass is 344 g/mol. The minimum absolute atomic E-state index is 0.185. The summed E-state index contributed by atoms with van der Waals surface area (Å²) in [6.07, 6.45) is 12.0. The lowest BCUT2D eigenvalue weighted by atomic mass is 10.1. The maximum atomic E-state index is 10.9. The van der Waals surface area contributed by atoms with Gasteiger partial charge < -0.3 is 4.90 Å². The number of aromatic nitrogens is 1. The molecular formula is C18H22N2OP2. The van der Waals surface area contributed by atoms with E-state index in [-0.39, 0.29) is 13.9 Å². The third kappa shape index (κ3) is 5.95. The molecule has 23 heavy (non-hydrogen) atoms. The SMILES string of the molecule is C=PC(CCCN(C)C/C=C/c1ccc2ncccc2c1)P=O. The molecule has 0 saturated carbocycles. The average molecular weight is 344 g/mol. The fourth-order valence-corrected chi connectivity index (χ4v) is 3.30. The Labute approximate surface area is 141 Å². The number of fused-ring (bicyclic) bond motifs is 1. The molecule has 5 heteroatoms. The summed E-state index contributed by atoms with van der Waals surface area (Å²) in [5, 5.41) is 1.35. The molecule has 3 nitrogen and oxygen atoms in total. The van der Waals surface area contributed by atoms with Gasteiger partial charge >= 0.3 is 0 Å². The topological polar surface area (TPSA) is 33.2 Å². The highest BCUT2D eigenvalue weighted by molar-refractivity contribution is 7.51. The summed E-state index contributed by atoms with van der Waals surface area (Å²) in [6.45, 7) is 1.92. The summed E-state index contributed by atoms with van der Waals surface area (Å²) in [5.74, 6) is 0. The van der Waals surface area contributed by atoms with Gasteiger partial charge in [0, 0.05) is 18.1 Å². The molecule has 1 atom stereocenters. The van der Waals surface area contributed by atoms with E-state index in [2.05, 4.69) is 59.6 Å². The number of hydrogen-bond donors (Lipinski definition) is 0. The summed E-state index contributed by atoms with van der Waals surface area (Å²) in [4.78, 5) is 6.61. The molecule has 0 bridgehead atoms. The van der Waals surface area contributed by atoms with E-state index in [1.165, 1.54) is 5.56 Å². The first-order valence-electron chi connectivity index (χ1n) is 7.71. The van der Waals surface area contributed by atoms with Crippen molar-refractivity contribution in [2.45, 2.75) is 18.2 Å². The van der Waals surface area contributed by atoms with Crippen molar-refractivity contribution < 1.29 is 4.57 Å². The van der Waals surface area contributed by atoms with Crippen LogP contribution in [0.5, 0.6) is 0 Å². The molecule has 2 aromatic rings. The van der Waals surface area contributed by atoms with Crippen molar-refractivity contribution in [3.05, 3.63) is 48.2 Å². The van der Waals surface area contributed by atoms with Crippen LogP contribution in [0.3, 0.4) is 0 Å². The summed E-state index contributed by atoms with van der Waals surface area (Å²) in [7, 11) is 3.30. The number of pyridine rings is 1. The van der Waals surface area contributed by atoms with Crippen LogP contribution in [0.25, 0.3) is 17.0 Å². The number of benzene rings is 1. The van der Waals surface area contributed by atoms with E-state index in [1.54, 1.807) is 0 Å². The van der Waals surface area contributed by atoms with Crippen LogP contribution in [0, 0.1) is 0 Å². The van der Waals surface area contributed by atoms with Gasteiger partial charge in [-0.3, -0.25) is 9.55 Å². The van der Waals surface area contributed by atoms with Crippen LogP contribution in [-0.4, -0.2) is 41.7 Å². The molecule has 0 fully saturated rings. The first-order valence-corrected chi connectivity index (χ1v) is 9.74. The predicted octanol–water partition coefficient (Wildman–Crippen LogP) is 4.96. The summed E-state index contributed by atoms with van der Waals surface area (Å²) >= 11 is 0. The lowest BCUT2D eigenvalue weighted by Gasteiger charge is -2.14. The van der Waals surface area contributed by atoms with E-state index < -0.39 is 0 Å². The van der Waals surface area contributed by atoms with Gasteiger partial charge in [-0.25, -0.2) is 0 Å². The van der Waals surface area contributed by atoms with Crippen molar-refractivity contribution in [1.82, 2.24) is 9.88 Å². The Morgan fingerprint density at radius 3 is 3.04 bits per heavy atom. The van der Waals surface area contributed by atoms with Gasteiger partial charge in [-0.1, -0.05) is 38.8 Å². The zero-order chi connectivity index (χ0) is 16.5. The Balaban J connectivity index is 1.80. The van der Waals surface area contributed by atoms with Crippen molar-refractivity contribution >= 4 is 39.9 Å². The van der Waals surface area contributed by atoms with Crippen LogP contribution < -0.4 is 0 Å². The number of hydrogen-bond acceptors (Lipinski definition) is 3. The first kappa shape index (κ1) is 17.9. The quantitative estimate of drug-likeness (QED) is 0.603. The van der Waals surface area contributed by atoms with Gasteiger partial charge in [0.05, 0.1) is 10.9 Å². The highest BCUT2D eigenvalue weighted by Crippen LogP contribution is 2.23. The van der Waals surface area contributed by atoms with Gasteiger partial charge in [0.1, 0.15) is 0 Å². The highest BCUT2D eigenvalue weighted by Gasteiger charge is 2.04. The molecule has 1 heterocycles. The Bertz CT molecular complexity index is 680. The van der Waals surface area contributed by atoms with Crippen molar-refractivity contribution in [3.8, 4) is 0 Å². The molecule has 0 saturated heterocycles. The van der Waals surface area contributed by atoms with Crippen LogP contribution >= 0.6 is 16.7 Å². The van der Waals surface area contributed by atoms with E-state index >= 15 is 0 Å². The number of likely N-dealkylation sites (N-methyl/N-ethyl adjacent to an activating group) is 1. The van der Waals surface area contributed by atoms with E-state index in [4.69, 9.17) is 0 Å². The van der Waals surface area contributed by atoms with Gasteiger partial charge in [0.2, 0.25) is 0 Å². The maximum absolute atomic E-state index is 10.9. The Morgan fingerprint density at radius 1 is 1.39 bits per heavy atom. The van der Waals surface area contributed by atoms with E-state index in [9.17, 15) is 4.57 Å². The Kier molecular flexibility index (Phi) is 7.55. The van der Waals surface area contributed by atoms with Crippen molar-refractivity contribution in [1.29, 1.82) is 0 Å². The molecule has 0 aliphatic rings. The van der Waals surface area contributed by atoms with Crippen molar-refractivity contribution in [2.75, 3.05) is 20.1 Å². The third-order valence-corrected chi connectivity index (χ3v) is 5.64. The Morgan fingerprint density at radius 2 is 2.26 bits per heavy atom. The predicted molar refractivity (Wildman–Crippen MR) is 103 cm³/mol. The molecule has 0 spiro atoms. The molecule has 1 unspecified atom stereocenters. The normalized spacial score (nSPS) is 13.5. The highest BCUT2D eigenvalue weighted by atomic mass is 31.1. The summed E-state index contributed by atoms with van der Waals surface area (Å²) in [5.41, 5.74) is 2.22. The summed E-state index contributed by atoms with van der Waals surface area (Å²) in [6, 6.07) is 10.4. The average Bonchev–Trinajstić information content (AvgIpc) is 2.58. The molecule has 1 aromatic heterocycles. The zero-order valence-electron chi connectivity index (χ0n) is 13.4. The molecule has 1 aromatic carbocycles. The second kappa shape index (κ2) is 9.67. The molecule has 0 N–H and O–H groups in total. The minimum Gasteiger partial charge on any atom is -0.303 e. The molecule has 0 amide bonds. The van der Waals surface area contributed by atoms with Crippen LogP contribution in [0.15, 0.2) is 42.6 Å². The molecule has 2 rings (SSSR count). The molecular weight excluding hydrogens is 322 g/mol. The van der Waals surface area contributed by atoms with Crippen molar-refractivity contribution in [2.24, 2.45) is 0 Å². The van der Waals surface area contributed by atoms with E-state index in [1.807, 2.05) is 12.3 Å². The van der Waals surface area contributed by atoms with Crippen LogP contribution in [0.4, 0.5) is 0 Å². The number of rotatable bonds is 9. The largest absolute Gasteiger partial charge is 0.303 e. The standard InChI is InChI=1S/C18H22N2OP2/c1-20(13-5-8-18(22-2)23-21)12-4-6-15-9-10-17-16(14-15)7-3-11-19-17/h3-4,6-7,9-11,14,18H,2,5,8,12-13H2,1H3/b6-4+. The second-order valence-corrected chi connectivity index (χ2v) is 7.76. The van der Waals surface area contributed by atoms with Gasteiger partial charge in [0.25, 0.3) is 0 Å². The smallest absolute Gasteiger partial charge is 0.167 e. The van der Waals surface area contributed by atoms with Crippen LogP contribution in [-0.2, 0) is 4.57 Å². The fraction of sp³-hybridized carbons (Fsp3) is 0.333. The Hall–Kier alpha value is -1.40. The van der Waals surface area contributed by atoms with Gasteiger partial charge in [-0.15, -0.1) is 0 Å². The molecule has 0 radical (unpaired) electrons. The molecule has 0 aliphatic carbocycles. The van der Waals surface area contributed by atoms with Crippen molar-refractivity contribution in [3.63, 3.8) is 0 Å². The van der Waals surface area contributed by atoms with E-state index in [0.717, 1.165) is 45.0 Å². The lowest BCUT2D eigenvalue weighted by molar-refractivity contribution is 0.362. The van der Waals surface area contributed by atoms with Crippen LogP contribution in [0.2, 0.25) is 0 Å².